The molecule has 1 aliphatic rings. The summed E-state index contributed by atoms with van der Waals surface area (Å²) in [5.41, 5.74) is 0.991. The highest BCUT2D eigenvalue weighted by molar-refractivity contribution is 5.74. The van der Waals surface area contributed by atoms with Crippen molar-refractivity contribution in [3.63, 3.8) is 0 Å². The summed E-state index contributed by atoms with van der Waals surface area (Å²) in [6.07, 6.45) is 1.71. The van der Waals surface area contributed by atoms with E-state index in [1.807, 2.05) is 25.6 Å². The van der Waals surface area contributed by atoms with Gasteiger partial charge in [0, 0.05) is 46.4 Å². The highest BCUT2D eigenvalue weighted by Crippen LogP contribution is 2.20. The smallest absolute Gasteiger partial charge is 0.317 e. The maximum atomic E-state index is 12.6. The van der Waals surface area contributed by atoms with Crippen LogP contribution >= 0.6 is 0 Å². The summed E-state index contributed by atoms with van der Waals surface area (Å²) in [5, 5.41) is 11.4. The van der Waals surface area contributed by atoms with Gasteiger partial charge in [0.15, 0.2) is 5.82 Å². The number of nitrogens with one attached hydrogen (secondary N) is 1. The minimum atomic E-state index is -0.250. The van der Waals surface area contributed by atoms with Crippen molar-refractivity contribution in [3.8, 4) is 0 Å². The second-order valence-corrected chi connectivity index (χ2v) is 7.28. The SMILES string of the molecule is COC(C)c1noc(CN(C)C(=O)NC2CCCN(c3cc(C)nn3C)C2)n1. The van der Waals surface area contributed by atoms with E-state index in [1.54, 1.807) is 19.1 Å². The molecule has 2 aromatic rings. The predicted molar refractivity (Wildman–Crippen MR) is 103 cm³/mol. The molecule has 2 atom stereocenters. The number of methoxy groups -OCH3 is 1. The Morgan fingerprint density at radius 2 is 2.32 bits per heavy atom. The molecule has 3 rings (SSSR count). The van der Waals surface area contributed by atoms with Crippen LogP contribution in [0.4, 0.5) is 10.6 Å². The molecule has 1 N–H and O–H groups in total. The third kappa shape index (κ3) is 4.61. The van der Waals surface area contributed by atoms with Gasteiger partial charge in [0.05, 0.1) is 5.69 Å². The highest BCUT2D eigenvalue weighted by Gasteiger charge is 2.25. The molecule has 1 fully saturated rings. The highest BCUT2D eigenvalue weighted by atomic mass is 16.5. The molecule has 3 heterocycles. The summed E-state index contributed by atoms with van der Waals surface area (Å²) >= 11 is 0. The van der Waals surface area contributed by atoms with Crippen molar-refractivity contribution < 1.29 is 14.1 Å². The van der Waals surface area contributed by atoms with Gasteiger partial charge in [-0.1, -0.05) is 5.16 Å². The van der Waals surface area contributed by atoms with E-state index in [9.17, 15) is 4.79 Å². The standard InChI is InChI=1S/C18H29N7O3/c1-12-9-16(24(4)21-12)25-8-6-7-14(10-25)19-18(26)23(3)11-15-20-17(22-28-15)13(2)27-5/h9,13-14H,6-8,10-11H2,1-5H3,(H,19,26). The van der Waals surface area contributed by atoms with Gasteiger partial charge in [0.1, 0.15) is 18.5 Å². The summed E-state index contributed by atoms with van der Waals surface area (Å²) in [5.74, 6) is 1.93. The molecule has 2 amide bonds. The maximum Gasteiger partial charge on any atom is 0.317 e. The number of aryl methyl sites for hydroxylation is 2. The van der Waals surface area contributed by atoms with Crippen molar-refractivity contribution in [2.45, 2.75) is 45.4 Å². The minimum Gasteiger partial charge on any atom is -0.374 e. The van der Waals surface area contributed by atoms with Gasteiger partial charge in [0.2, 0.25) is 5.89 Å². The third-order valence-electron chi connectivity index (χ3n) is 4.97. The first-order valence-corrected chi connectivity index (χ1v) is 9.50. The van der Waals surface area contributed by atoms with Crippen molar-refractivity contribution in [2.75, 3.05) is 32.1 Å². The Kier molecular flexibility index (Phi) is 6.18. The molecule has 2 aromatic heterocycles. The van der Waals surface area contributed by atoms with E-state index in [-0.39, 0.29) is 24.7 Å². The Labute approximate surface area is 164 Å². The number of aromatic nitrogens is 4. The first-order chi connectivity index (χ1) is 13.4. The lowest BCUT2D eigenvalue weighted by atomic mass is 10.1. The number of piperidine rings is 1. The van der Waals surface area contributed by atoms with Gasteiger partial charge in [-0.15, -0.1) is 0 Å². The Bertz CT molecular complexity index is 803. The first kappa shape index (κ1) is 20.1. The Balaban J connectivity index is 1.54. The average Bonchev–Trinajstić information content (AvgIpc) is 3.27. The molecule has 10 heteroatoms. The number of hydrogen-bond acceptors (Lipinski definition) is 7. The minimum absolute atomic E-state index is 0.0747. The number of anilines is 1. The Morgan fingerprint density at radius 3 is 3.00 bits per heavy atom. The number of hydrogen-bond donors (Lipinski definition) is 1. The van der Waals surface area contributed by atoms with E-state index >= 15 is 0 Å². The predicted octanol–water partition coefficient (Wildman–Crippen LogP) is 1.63. The number of nitrogens with zero attached hydrogens (tertiary/aromatic N) is 6. The van der Waals surface area contributed by atoms with E-state index in [0.717, 1.165) is 37.4 Å². The zero-order valence-electron chi connectivity index (χ0n) is 17.2. The molecule has 1 aliphatic heterocycles. The van der Waals surface area contributed by atoms with Crippen molar-refractivity contribution in [1.82, 2.24) is 30.1 Å². The van der Waals surface area contributed by atoms with Crippen LogP contribution in [0.15, 0.2) is 10.6 Å². The van der Waals surface area contributed by atoms with E-state index in [4.69, 9.17) is 9.26 Å². The van der Waals surface area contributed by atoms with Crippen LogP contribution in [0.1, 0.15) is 43.3 Å². The zero-order valence-corrected chi connectivity index (χ0v) is 17.2. The number of carbonyl (C=O) groups is 1. The van der Waals surface area contributed by atoms with E-state index in [2.05, 4.69) is 31.5 Å². The van der Waals surface area contributed by atoms with Gasteiger partial charge in [-0.2, -0.15) is 10.1 Å². The van der Waals surface area contributed by atoms with Gasteiger partial charge in [-0.05, 0) is 26.7 Å². The second-order valence-electron chi connectivity index (χ2n) is 7.28. The van der Waals surface area contributed by atoms with Crippen LogP contribution in [0.2, 0.25) is 0 Å². The second kappa shape index (κ2) is 8.59. The molecule has 1 saturated heterocycles. The topological polar surface area (TPSA) is 102 Å². The number of carbonyl (C=O) groups excluding carboxylic acids is 1. The van der Waals surface area contributed by atoms with Crippen LogP contribution < -0.4 is 10.2 Å². The summed E-state index contributed by atoms with van der Waals surface area (Å²) in [6, 6.07) is 1.99. The fourth-order valence-electron chi connectivity index (χ4n) is 3.36. The lowest BCUT2D eigenvalue weighted by Gasteiger charge is -2.35. The average molecular weight is 391 g/mol. The molecule has 28 heavy (non-hydrogen) atoms. The Hall–Kier alpha value is -2.62. The number of rotatable bonds is 6. The molecule has 0 radical (unpaired) electrons. The van der Waals surface area contributed by atoms with Crippen LogP contribution in [0, 0.1) is 6.92 Å². The molecule has 0 aliphatic carbocycles. The molecule has 0 bridgehead atoms. The molecular weight excluding hydrogens is 362 g/mol. The van der Waals surface area contributed by atoms with E-state index in [1.165, 1.54) is 0 Å². The van der Waals surface area contributed by atoms with Crippen molar-refractivity contribution in [2.24, 2.45) is 7.05 Å². The van der Waals surface area contributed by atoms with Crippen LogP contribution in [0.5, 0.6) is 0 Å². The van der Waals surface area contributed by atoms with Crippen LogP contribution in [-0.2, 0) is 18.3 Å². The fraction of sp³-hybridized carbons (Fsp3) is 0.667. The number of amides is 2. The van der Waals surface area contributed by atoms with Crippen LogP contribution in [0.3, 0.4) is 0 Å². The normalized spacial score (nSPS) is 18.2. The molecule has 0 aromatic carbocycles. The molecule has 0 spiro atoms. The van der Waals surface area contributed by atoms with E-state index < -0.39 is 0 Å². The molecular formula is C18H29N7O3. The summed E-state index contributed by atoms with van der Waals surface area (Å²) in [4.78, 5) is 20.7. The number of urea groups is 1. The molecule has 2 unspecified atom stereocenters. The van der Waals surface area contributed by atoms with Gasteiger partial charge >= 0.3 is 6.03 Å². The quantitative estimate of drug-likeness (QED) is 0.798. The van der Waals surface area contributed by atoms with Crippen LogP contribution in [0.25, 0.3) is 0 Å². The first-order valence-electron chi connectivity index (χ1n) is 9.50. The largest absolute Gasteiger partial charge is 0.374 e. The number of ether oxygens (including phenoxy) is 1. The van der Waals surface area contributed by atoms with Crippen LogP contribution in [-0.4, -0.2) is 64.1 Å². The van der Waals surface area contributed by atoms with Crippen molar-refractivity contribution in [3.05, 3.63) is 23.5 Å². The van der Waals surface area contributed by atoms with Crippen molar-refractivity contribution in [1.29, 1.82) is 0 Å². The zero-order chi connectivity index (χ0) is 20.3. The molecule has 0 saturated carbocycles. The van der Waals surface area contributed by atoms with Gasteiger partial charge in [-0.25, -0.2) is 4.79 Å². The summed E-state index contributed by atoms with van der Waals surface area (Å²) in [7, 11) is 5.24. The summed E-state index contributed by atoms with van der Waals surface area (Å²) < 4.78 is 12.3. The third-order valence-corrected chi connectivity index (χ3v) is 4.97. The lowest BCUT2D eigenvalue weighted by Crippen LogP contribution is -2.51. The maximum absolute atomic E-state index is 12.6. The fourth-order valence-corrected chi connectivity index (χ4v) is 3.36. The van der Waals surface area contributed by atoms with E-state index in [0.29, 0.717) is 11.7 Å². The molecule has 10 nitrogen and oxygen atoms in total. The van der Waals surface area contributed by atoms with Gasteiger partial charge in [-0.3, -0.25) is 4.68 Å². The Morgan fingerprint density at radius 1 is 1.54 bits per heavy atom. The lowest BCUT2D eigenvalue weighted by molar-refractivity contribution is 0.109. The van der Waals surface area contributed by atoms with Gasteiger partial charge in [0.25, 0.3) is 0 Å². The molecule has 154 valence electrons. The van der Waals surface area contributed by atoms with Crippen molar-refractivity contribution >= 4 is 11.8 Å². The monoisotopic (exact) mass is 391 g/mol. The summed E-state index contributed by atoms with van der Waals surface area (Å²) in [6.45, 7) is 5.78. The van der Waals surface area contributed by atoms with Gasteiger partial charge < -0.3 is 24.4 Å².